The number of carbonyl (C=O) groups excluding carboxylic acids is 2. The quantitative estimate of drug-likeness (QED) is 0.438. The zero-order valence-electron chi connectivity index (χ0n) is 11.0. The average Bonchev–Trinajstić information content (AvgIpc) is 2.28. The molecule has 0 spiro atoms. The smallest absolute Gasteiger partial charge is 0.305 e. The van der Waals surface area contributed by atoms with Gasteiger partial charge in [-0.1, -0.05) is 26.2 Å². The van der Waals surface area contributed by atoms with Gasteiger partial charge in [0.25, 0.3) is 0 Å². The Morgan fingerprint density at radius 1 is 0.882 bits per heavy atom. The predicted octanol–water partition coefficient (Wildman–Crippen LogP) is 2.84. The topological polar surface area (TPSA) is 52.6 Å². The summed E-state index contributed by atoms with van der Waals surface area (Å²) in [4.78, 5) is 21.7. The molecule has 0 unspecified atom stereocenters. The van der Waals surface area contributed by atoms with Crippen molar-refractivity contribution in [1.82, 2.24) is 0 Å². The molecule has 0 aromatic carbocycles. The second-order valence-corrected chi connectivity index (χ2v) is 4.08. The molecule has 0 aliphatic rings. The molecule has 0 fully saturated rings. The largest absolute Gasteiger partial charge is 0.466 e. The van der Waals surface area contributed by atoms with E-state index in [1.165, 1.54) is 6.92 Å². The van der Waals surface area contributed by atoms with Gasteiger partial charge in [0.05, 0.1) is 13.2 Å². The van der Waals surface area contributed by atoms with Crippen molar-refractivity contribution < 1.29 is 19.1 Å². The molecule has 4 heteroatoms. The van der Waals surface area contributed by atoms with Crippen molar-refractivity contribution in [2.24, 2.45) is 0 Å². The molecule has 0 saturated heterocycles. The van der Waals surface area contributed by atoms with Gasteiger partial charge in [-0.3, -0.25) is 9.59 Å². The summed E-state index contributed by atoms with van der Waals surface area (Å²) in [5.41, 5.74) is 0. The third kappa shape index (κ3) is 12.9. The Morgan fingerprint density at radius 3 is 2.18 bits per heavy atom. The number of carbonyl (C=O) groups is 2. The molecule has 0 aliphatic carbocycles. The van der Waals surface area contributed by atoms with Crippen LogP contribution in [0.15, 0.2) is 0 Å². The van der Waals surface area contributed by atoms with Crippen molar-refractivity contribution >= 4 is 11.9 Å². The number of hydrogen-bond acceptors (Lipinski definition) is 4. The van der Waals surface area contributed by atoms with E-state index in [4.69, 9.17) is 9.47 Å². The highest BCUT2D eigenvalue weighted by Gasteiger charge is 2.01. The minimum absolute atomic E-state index is 0.0987. The van der Waals surface area contributed by atoms with Crippen molar-refractivity contribution in [1.29, 1.82) is 0 Å². The molecule has 0 heterocycles. The first-order chi connectivity index (χ1) is 8.16. The highest BCUT2D eigenvalue weighted by atomic mass is 16.5. The number of ether oxygens (including phenoxy) is 2. The number of rotatable bonds is 10. The van der Waals surface area contributed by atoms with E-state index in [0.29, 0.717) is 19.6 Å². The molecular formula is C13H24O4. The van der Waals surface area contributed by atoms with E-state index in [1.54, 1.807) is 0 Å². The third-order valence-corrected chi connectivity index (χ3v) is 2.34. The van der Waals surface area contributed by atoms with Crippen LogP contribution in [0.25, 0.3) is 0 Å². The second kappa shape index (κ2) is 11.4. The van der Waals surface area contributed by atoms with Gasteiger partial charge in [0, 0.05) is 13.3 Å². The van der Waals surface area contributed by atoms with Gasteiger partial charge in [-0.05, 0) is 19.3 Å². The van der Waals surface area contributed by atoms with Crippen LogP contribution in [0.5, 0.6) is 0 Å². The van der Waals surface area contributed by atoms with E-state index < -0.39 is 0 Å². The lowest BCUT2D eigenvalue weighted by atomic mass is 10.1. The Balaban J connectivity index is 3.16. The first kappa shape index (κ1) is 15.9. The van der Waals surface area contributed by atoms with E-state index >= 15 is 0 Å². The van der Waals surface area contributed by atoms with E-state index in [2.05, 4.69) is 6.92 Å². The van der Waals surface area contributed by atoms with Gasteiger partial charge in [0.1, 0.15) is 0 Å². The maximum absolute atomic E-state index is 11.2. The van der Waals surface area contributed by atoms with Gasteiger partial charge >= 0.3 is 11.9 Å². The molecule has 0 radical (unpaired) electrons. The molecule has 0 N–H and O–H groups in total. The molecule has 0 aromatic rings. The van der Waals surface area contributed by atoms with Gasteiger partial charge in [0.2, 0.25) is 0 Å². The standard InChI is InChI=1S/C13H24O4/c1-3-4-10-17-13(15)9-7-5-6-8-11-16-12(2)14/h3-11H2,1-2H3. The first-order valence-corrected chi connectivity index (χ1v) is 6.45. The van der Waals surface area contributed by atoms with Crippen molar-refractivity contribution in [3.8, 4) is 0 Å². The first-order valence-electron chi connectivity index (χ1n) is 6.45. The molecule has 0 rings (SSSR count). The zero-order valence-corrected chi connectivity index (χ0v) is 11.0. The van der Waals surface area contributed by atoms with Crippen LogP contribution in [-0.4, -0.2) is 25.2 Å². The van der Waals surface area contributed by atoms with Crippen LogP contribution in [0.4, 0.5) is 0 Å². The number of unbranched alkanes of at least 4 members (excludes halogenated alkanes) is 4. The Labute approximate surface area is 104 Å². The maximum atomic E-state index is 11.2. The van der Waals surface area contributed by atoms with Gasteiger partial charge in [-0.2, -0.15) is 0 Å². The molecule has 0 aromatic heterocycles. The monoisotopic (exact) mass is 244 g/mol. The SMILES string of the molecule is CCCCOC(=O)CCCCCCOC(C)=O. The number of esters is 2. The Kier molecular flexibility index (Phi) is 10.7. The molecule has 0 amide bonds. The average molecular weight is 244 g/mol. The maximum Gasteiger partial charge on any atom is 0.305 e. The second-order valence-electron chi connectivity index (χ2n) is 4.08. The lowest BCUT2D eigenvalue weighted by molar-refractivity contribution is -0.144. The summed E-state index contributed by atoms with van der Waals surface area (Å²) in [5, 5.41) is 0. The molecule has 0 atom stereocenters. The van der Waals surface area contributed by atoms with Crippen molar-refractivity contribution in [2.75, 3.05) is 13.2 Å². The van der Waals surface area contributed by atoms with Crippen LogP contribution in [0.2, 0.25) is 0 Å². The minimum atomic E-state index is -0.232. The van der Waals surface area contributed by atoms with Crippen molar-refractivity contribution in [3.05, 3.63) is 0 Å². The lowest BCUT2D eigenvalue weighted by Crippen LogP contribution is -2.05. The summed E-state index contributed by atoms with van der Waals surface area (Å²) >= 11 is 0. The Bertz CT molecular complexity index is 213. The van der Waals surface area contributed by atoms with Gasteiger partial charge in [-0.25, -0.2) is 0 Å². The van der Waals surface area contributed by atoms with E-state index in [1.807, 2.05) is 0 Å². The summed E-state index contributed by atoms with van der Waals surface area (Å²) in [5.74, 6) is -0.331. The van der Waals surface area contributed by atoms with Gasteiger partial charge in [0.15, 0.2) is 0 Å². The van der Waals surface area contributed by atoms with E-state index in [0.717, 1.165) is 38.5 Å². The van der Waals surface area contributed by atoms with Gasteiger partial charge < -0.3 is 9.47 Å². The highest BCUT2D eigenvalue weighted by molar-refractivity contribution is 5.69. The minimum Gasteiger partial charge on any atom is -0.466 e. The van der Waals surface area contributed by atoms with Gasteiger partial charge in [-0.15, -0.1) is 0 Å². The summed E-state index contributed by atoms with van der Waals surface area (Å²) in [7, 11) is 0. The van der Waals surface area contributed by atoms with Crippen LogP contribution in [0, 0.1) is 0 Å². The fourth-order valence-corrected chi connectivity index (χ4v) is 1.34. The van der Waals surface area contributed by atoms with Crippen LogP contribution >= 0.6 is 0 Å². The summed E-state index contributed by atoms with van der Waals surface area (Å²) in [6, 6.07) is 0. The molecule has 17 heavy (non-hydrogen) atoms. The predicted molar refractivity (Wildman–Crippen MR) is 65.6 cm³/mol. The summed E-state index contributed by atoms with van der Waals surface area (Å²) in [6.07, 6.45) is 6.16. The van der Waals surface area contributed by atoms with Crippen LogP contribution in [0.3, 0.4) is 0 Å². The zero-order chi connectivity index (χ0) is 12.9. The third-order valence-electron chi connectivity index (χ3n) is 2.34. The highest BCUT2D eigenvalue weighted by Crippen LogP contribution is 2.04. The number of hydrogen-bond donors (Lipinski definition) is 0. The van der Waals surface area contributed by atoms with E-state index in [-0.39, 0.29) is 11.9 Å². The normalized spacial score (nSPS) is 10.0. The van der Waals surface area contributed by atoms with E-state index in [9.17, 15) is 9.59 Å². The summed E-state index contributed by atoms with van der Waals surface area (Å²) < 4.78 is 9.84. The molecule has 0 aliphatic heterocycles. The lowest BCUT2D eigenvalue weighted by Gasteiger charge is -2.04. The molecule has 4 nitrogen and oxygen atoms in total. The van der Waals surface area contributed by atoms with Crippen LogP contribution in [-0.2, 0) is 19.1 Å². The van der Waals surface area contributed by atoms with Crippen LogP contribution < -0.4 is 0 Å². The Hall–Kier alpha value is -1.06. The molecule has 0 saturated carbocycles. The van der Waals surface area contributed by atoms with Crippen LogP contribution in [0.1, 0.15) is 58.8 Å². The fraction of sp³-hybridized carbons (Fsp3) is 0.846. The molecular weight excluding hydrogens is 220 g/mol. The fourth-order valence-electron chi connectivity index (χ4n) is 1.34. The van der Waals surface area contributed by atoms with Crippen molar-refractivity contribution in [3.63, 3.8) is 0 Å². The molecule has 100 valence electrons. The van der Waals surface area contributed by atoms with Crippen molar-refractivity contribution in [2.45, 2.75) is 58.8 Å². The summed E-state index contributed by atoms with van der Waals surface area (Å²) in [6.45, 7) is 4.50. The molecule has 0 bridgehead atoms. The Morgan fingerprint density at radius 2 is 1.53 bits per heavy atom.